The van der Waals surface area contributed by atoms with E-state index >= 15 is 0 Å². The molecule has 0 saturated heterocycles. The predicted molar refractivity (Wildman–Crippen MR) is 186 cm³/mol. The fourth-order valence-corrected chi connectivity index (χ4v) is 4.84. The summed E-state index contributed by atoms with van der Waals surface area (Å²) in [6.07, 6.45) is 0. The standard InChI is InChI=1S/C22H28O5Si.C16H14O5/c1-16(23)26-20-10-8-7-9-19(20)21(24)27-18-13-11-17(12-14-18)15-25-28(5,6)22(2,3)4;1-11(18)20-15-5-3-2-4-14(15)16(19)21-13-8-6-12(10-17)7-9-13/h7-14H,15H2,1-6H3;2-9,17H,10H2,1H3. The van der Waals surface area contributed by atoms with E-state index in [2.05, 4.69) is 33.9 Å². The van der Waals surface area contributed by atoms with Crippen molar-refractivity contribution < 1.29 is 47.7 Å². The average Bonchev–Trinajstić information content (AvgIpc) is 3.04. The second-order valence-electron chi connectivity index (χ2n) is 12.5. The Morgan fingerprint density at radius 2 is 0.980 bits per heavy atom. The molecule has 0 saturated carbocycles. The van der Waals surface area contributed by atoms with Crippen molar-refractivity contribution in [3.63, 3.8) is 0 Å². The maximum absolute atomic E-state index is 12.4. The third-order valence-electron chi connectivity index (χ3n) is 7.58. The lowest BCUT2D eigenvalue weighted by Crippen LogP contribution is -2.40. The molecule has 4 aromatic carbocycles. The van der Waals surface area contributed by atoms with Gasteiger partial charge in [-0.1, -0.05) is 69.3 Å². The first-order valence-electron chi connectivity index (χ1n) is 15.5. The number of carbonyl (C=O) groups is 4. The molecule has 0 amide bonds. The van der Waals surface area contributed by atoms with Gasteiger partial charge in [0.1, 0.15) is 34.1 Å². The molecule has 0 bridgehead atoms. The van der Waals surface area contributed by atoms with Crippen LogP contribution in [0, 0.1) is 0 Å². The van der Waals surface area contributed by atoms with E-state index in [0.717, 1.165) is 11.1 Å². The first kappa shape index (κ1) is 38.3. The van der Waals surface area contributed by atoms with E-state index < -0.39 is 32.2 Å². The number of benzene rings is 4. The molecule has 0 aliphatic rings. The van der Waals surface area contributed by atoms with Gasteiger partial charge >= 0.3 is 23.9 Å². The normalized spacial score (nSPS) is 11.0. The second-order valence-corrected chi connectivity index (χ2v) is 17.3. The van der Waals surface area contributed by atoms with Crippen molar-refractivity contribution in [3.8, 4) is 23.0 Å². The molecular formula is C38H42O10Si. The van der Waals surface area contributed by atoms with Gasteiger partial charge < -0.3 is 28.5 Å². The Hall–Kier alpha value is -5.10. The molecule has 4 rings (SSSR count). The molecule has 258 valence electrons. The zero-order chi connectivity index (χ0) is 36.2. The van der Waals surface area contributed by atoms with Crippen molar-refractivity contribution in [3.05, 3.63) is 119 Å². The molecule has 0 fully saturated rings. The molecule has 4 aromatic rings. The molecule has 11 heteroatoms. The molecule has 10 nitrogen and oxygen atoms in total. The Kier molecular flexibility index (Phi) is 13.6. The number of carbonyl (C=O) groups excluding carboxylic acids is 4. The monoisotopic (exact) mass is 686 g/mol. The predicted octanol–water partition coefficient (Wildman–Crippen LogP) is 7.68. The summed E-state index contributed by atoms with van der Waals surface area (Å²) in [5.74, 6) is -1.12. The van der Waals surface area contributed by atoms with Crippen molar-refractivity contribution in [2.75, 3.05) is 0 Å². The summed E-state index contributed by atoms with van der Waals surface area (Å²) < 4.78 is 26.9. The number of aliphatic hydroxyl groups excluding tert-OH is 1. The average molecular weight is 687 g/mol. The Labute approximate surface area is 287 Å². The van der Waals surface area contributed by atoms with E-state index in [1.54, 1.807) is 72.8 Å². The van der Waals surface area contributed by atoms with Crippen LogP contribution in [0.4, 0.5) is 0 Å². The number of hydrogen-bond acceptors (Lipinski definition) is 10. The van der Waals surface area contributed by atoms with Gasteiger partial charge in [-0.05, 0) is 77.8 Å². The van der Waals surface area contributed by atoms with Gasteiger partial charge in [-0.15, -0.1) is 0 Å². The van der Waals surface area contributed by atoms with Crippen LogP contribution in [0.2, 0.25) is 18.1 Å². The summed E-state index contributed by atoms with van der Waals surface area (Å²) in [5.41, 5.74) is 2.10. The van der Waals surface area contributed by atoms with E-state index in [9.17, 15) is 19.2 Å². The molecule has 0 radical (unpaired) electrons. The molecular weight excluding hydrogens is 644 g/mol. The SMILES string of the molecule is CC(=O)Oc1ccccc1C(=O)Oc1ccc(CO)cc1.CC(=O)Oc1ccccc1C(=O)Oc1ccc(CO[Si](C)(C)C(C)(C)C)cc1. The topological polar surface area (TPSA) is 135 Å². The van der Waals surface area contributed by atoms with Gasteiger partial charge in [0.2, 0.25) is 0 Å². The number of aliphatic hydroxyl groups is 1. The zero-order valence-corrected chi connectivity index (χ0v) is 29.8. The van der Waals surface area contributed by atoms with Crippen LogP contribution in [0.1, 0.15) is 66.5 Å². The Balaban J connectivity index is 0.000000276. The first-order chi connectivity index (χ1) is 23.1. The molecule has 1 N–H and O–H groups in total. The van der Waals surface area contributed by atoms with E-state index in [-0.39, 0.29) is 34.3 Å². The summed E-state index contributed by atoms with van der Waals surface area (Å²) in [5, 5.41) is 9.10. The number of hydrogen-bond donors (Lipinski definition) is 1. The third-order valence-corrected chi connectivity index (χ3v) is 12.1. The second kappa shape index (κ2) is 17.3. The fourth-order valence-electron chi connectivity index (χ4n) is 3.88. The number of ether oxygens (including phenoxy) is 4. The Bertz CT molecular complexity index is 1740. The molecule has 0 heterocycles. The number of para-hydroxylation sites is 2. The minimum atomic E-state index is -1.82. The van der Waals surface area contributed by atoms with Crippen LogP contribution in [0.3, 0.4) is 0 Å². The summed E-state index contributed by atoms with van der Waals surface area (Å²) in [7, 11) is -1.82. The van der Waals surface area contributed by atoms with Crippen molar-refractivity contribution >= 4 is 32.2 Å². The van der Waals surface area contributed by atoms with Crippen LogP contribution in [-0.2, 0) is 27.2 Å². The van der Waals surface area contributed by atoms with Crippen LogP contribution >= 0.6 is 0 Å². The lowest BCUT2D eigenvalue weighted by molar-refractivity contribution is -0.132. The van der Waals surface area contributed by atoms with Gasteiger partial charge in [-0.25, -0.2) is 9.59 Å². The molecule has 0 spiro atoms. The maximum atomic E-state index is 12.4. The highest BCUT2D eigenvalue weighted by atomic mass is 28.4. The minimum absolute atomic E-state index is 0.0798. The molecule has 0 unspecified atom stereocenters. The van der Waals surface area contributed by atoms with E-state index in [4.69, 9.17) is 28.5 Å². The Morgan fingerprint density at radius 1 is 0.592 bits per heavy atom. The summed E-state index contributed by atoms with van der Waals surface area (Å²) in [6, 6.07) is 26.5. The minimum Gasteiger partial charge on any atom is -0.426 e. The van der Waals surface area contributed by atoms with Gasteiger partial charge in [-0.3, -0.25) is 9.59 Å². The fraction of sp³-hybridized carbons (Fsp3) is 0.263. The Morgan fingerprint density at radius 3 is 1.35 bits per heavy atom. The van der Waals surface area contributed by atoms with Crippen molar-refractivity contribution in [2.24, 2.45) is 0 Å². The van der Waals surface area contributed by atoms with E-state index in [1.165, 1.54) is 26.0 Å². The van der Waals surface area contributed by atoms with Crippen LogP contribution in [0.15, 0.2) is 97.1 Å². The molecule has 0 atom stereocenters. The van der Waals surface area contributed by atoms with Gasteiger partial charge in [0.15, 0.2) is 8.32 Å². The summed E-state index contributed by atoms with van der Waals surface area (Å²) in [6.45, 7) is 14.0. The van der Waals surface area contributed by atoms with Crippen LogP contribution < -0.4 is 18.9 Å². The lowest BCUT2D eigenvalue weighted by atomic mass is 10.2. The van der Waals surface area contributed by atoms with E-state index in [1.807, 2.05) is 12.1 Å². The number of rotatable bonds is 10. The van der Waals surface area contributed by atoms with E-state index in [0.29, 0.717) is 18.1 Å². The van der Waals surface area contributed by atoms with Gasteiger partial charge in [0, 0.05) is 13.8 Å². The van der Waals surface area contributed by atoms with Crippen LogP contribution in [0.5, 0.6) is 23.0 Å². The largest absolute Gasteiger partial charge is 0.426 e. The lowest BCUT2D eigenvalue weighted by Gasteiger charge is -2.36. The molecule has 0 aromatic heterocycles. The van der Waals surface area contributed by atoms with Crippen molar-refractivity contribution in [1.82, 2.24) is 0 Å². The van der Waals surface area contributed by atoms with Gasteiger partial charge in [-0.2, -0.15) is 0 Å². The highest BCUT2D eigenvalue weighted by Crippen LogP contribution is 2.37. The van der Waals surface area contributed by atoms with Crippen LogP contribution in [-0.4, -0.2) is 37.3 Å². The van der Waals surface area contributed by atoms with Gasteiger partial charge in [0.25, 0.3) is 0 Å². The summed E-state index contributed by atoms with van der Waals surface area (Å²) in [4.78, 5) is 46.8. The summed E-state index contributed by atoms with van der Waals surface area (Å²) >= 11 is 0. The highest BCUT2D eigenvalue weighted by Gasteiger charge is 2.37. The van der Waals surface area contributed by atoms with Crippen LogP contribution in [0.25, 0.3) is 0 Å². The highest BCUT2D eigenvalue weighted by molar-refractivity contribution is 6.74. The third kappa shape index (κ3) is 11.8. The molecule has 0 aliphatic carbocycles. The number of esters is 4. The molecule has 0 aliphatic heterocycles. The zero-order valence-electron chi connectivity index (χ0n) is 28.8. The van der Waals surface area contributed by atoms with Gasteiger partial charge in [0.05, 0.1) is 13.2 Å². The van der Waals surface area contributed by atoms with Crippen molar-refractivity contribution in [2.45, 2.75) is 66.0 Å². The molecule has 49 heavy (non-hydrogen) atoms. The smallest absolute Gasteiger partial charge is 0.347 e. The first-order valence-corrected chi connectivity index (χ1v) is 18.4. The quantitative estimate of drug-likeness (QED) is 0.101. The maximum Gasteiger partial charge on any atom is 0.347 e. The van der Waals surface area contributed by atoms with Crippen molar-refractivity contribution in [1.29, 1.82) is 0 Å².